The number of nitrogens with zero attached hydrogens (tertiary/aromatic N) is 4. The van der Waals surface area contributed by atoms with Crippen LogP contribution in [0.2, 0.25) is 0 Å². The normalized spacial score (nSPS) is 11.0. The number of para-hydroxylation sites is 1. The van der Waals surface area contributed by atoms with Crippen molar-refractivity contribution in [2.45, 2.75) is 0 Å². The van der Waals surface area contributed by atoms with Crippen LogP contribution in [0.1, 0.15) is 0 Å². The molecule has 0 N–H and O–H groups in total. The molecule has 0 fully saturated rings. The van der Waals surface area contributed by atoms with E-state index >= 15 is 0 Å². The molecule has 0 atom stereocenters. The average Bonchev–Trinajstić information content (AvgIpc) is 2.68. The Bertz CT molecular complexity index is 869. The van der Waals surface area contributed by atoms with Gasteiger partial charge >= 0.3 is 6.01 Å². The molecule has 0 radical (unpaired) electrons. The van der Waals surface area contributed by atoms with Gasteiger partial charge in [0.2, 0.25) is 12.8 Å². The van der Waals surface area contributed by atoms with Gasteiger partial charge in [-0.1, -0.05) is 18.2 Å². The molecule has 0 aliphatic rings. The van der Waals surface area contributed by atoms with Gasteiger partial charge in [-0.25, -0.2) is 15.0 Å². The molecule has 0 aliphatic heterocycles. The minimum atomic E-state index is 0.264. The molecule has 0 spiro atoms. The highest BCUT2D eigenvalue weighted by atomic mass is 79.9. The van der Waals surface area contributed by atoms with Gasteiger partial charge in [-0.2, -0.15) is 0 Å². The van der Waals surface area contributed by atoms with Gasteiger partial charge in [0.25, 0.3) is 0 Å². The topological polar surface area (TPSA) is 78.2 Å². The van der Waals surface area contributed by atoms with Crippen molar-refractivity contribution in [2.75, 3.05) is 0 Å². The predicted octanol–water partition coefficient (Wildman–Crippen LogP) is 4.73. The molecule has 2 aromatic carbocycles. The maximum absolute atomic E-state index is 5.52. The highest BCUT2D eigenvalue weighted by Gasteiger charge is 2.00. The number of aromatic nitrogens is 2. The number of aliphatic imine (C=N–C) groups is 1. The summed E-state index contributed by atoms with van der Waals surface area (Å²) in [6, 6.07) is 16.5. The van der Waals surface area contributed by atoms with Crippen molar-refractivity contribution in [3.05, 3.63) is 71.5 Å². The predicted molar refractivity (Wildman–Crippen MR) is 101 cm³/mol. The lowest BCUT2D eigenvalue weighted by atomic mass is 10.3. The van der Waals surface area contributed by atoms with Gasteiger partial charge in [-0.15, -0.1) is 0 Å². The number of hydrogen-bond acceptors (Lipinski definition) is 7. The van der Waals surface area contributed by atoms with Gasteiger partial charge in [-0.3, -0.25) is 0 Å². The van der Waals surface area contributed by atoms with E-state index in [-0.39, 0.29) is 6.01 Å². The molecule has 8 heteroatoms. The van der Waals surface area contributed by atoms with Crippen LogP contribution in [0.25, 0.3) is 0 Å². The number of hydrogen-bond donors (Lipinski definition) is 0. The minimum Gasteiger partial charge on any atom is -0.442 e. The molecular weight excluding hydrogens is 400 g/mol. The Balaban J connectivity index is 1.46. The lowest BCUT2D eigenvalue weighted by molar-refractivity contribution is 0.335. The zero-order valence-corrected chi connectivity index (χ0v) is 15.0. The summed E-state index contributed by atoms with van der Waals surface area (Å²) < 4.78 is 11.5. The van der Waals surface area contributed by atoms with Crippen LogP contribution in [-0.4, -0.2) is 22.8 Å². The Morgan fingerprint density at radius 3 is 2.31 bits per heavy atom. The number of halogens is 1. The van der Waals surface area contributed by atoms with Gasteiger partial charge in [0, 0.05) is 12.4 Å². The first kappa shape index (κ1) is 17.6. The third kappa shape index (κ3) is 5.67. The fraction of sp³-hybridized carbons (Fsp3) is 0. The first-order chi connectivity index (χ1) is 12.8. The number of oxime groups is 1. The Morgan fingerprint density at radius 1 is 0.846 bits per heavy atom. The fourth-order valence-electron chi connectivity index (χ4n) is 1.78. The van der Waals surface area contributed by atoms with E-state index in [2.05, 4.69) is 36.0 Å². The van der Waals surface area contributed by atoms with Crippen molar-refractivity contribution < 1.29 is 14.3 Å². The summed E-state index contributed by atoms with van der Waals surface area (Å²) in [4.78, 5) is 17.1. The summed E-state index contributed by atoms with van der Waals surface area (Å²) in [6.45, 7) is 0. The van der Waals surface area contributed by atoms with Crippen molar-refractivity contribution in [2.24, 2.45) is 10.1 Å². The van der Waals surface area contributed by atoms with Crippen LogP contribution in [0.15, 0.2) is 81.6 Å². The number of benzene rings is 2. The second-order valence-electron chi connectivity index (χ2n) is 4.76. The molecule has 0 saturated heterocycles. The zero-order chi connectivity index (χ0) is 18.0. The van der Waals surface area contributed by atoms with Crippen molar-refractivity contribution in [3.63, 3.8) is 0 Å². The second-order valence-corrected chi connectivity index (χ2v) is 5.68. The summed E-state index contributed by atoms with van der Waals surface area (Å²) >= 11 is 3.27. The third-order valence-electron chi connectivity index (χ3n) is 2.93. The molecule has 1 heterocycles. The van der Waals surface area contributed by atoms with E-state index in [9.17, 15) is 0 Å². The standard InChI is InChI=1S/C18H13BrN4O3/c19-14-10-20-18(21-11-14)26-17-8-6-15(7-9-17)22-12-25-23-13-24-16-4-2-1-3-5-16/h1-13H/b22-12+,23-13+. The fourth-order valence-corrected chi connectivity index (χ4v) is 1.98. The second kappa shape index (κ2) is 9.28. The molecule has 0 aliphatic carbocycles. The summed E-state index contributed by atoms with van der Waals surface area (Å²) in [5.41, 5.74) is 0.674. The summed E-state index contributed by atoms with van der Waals surface area (Å²) in [5, 5.41) is 3.62. The molecule has 1 aromatic heterocycles. The monoisotopic (exact) mass is 412 g/mol. The van der Waals surface area contributed by atoms with Gasteiger partial charge in [0.15, 0.2) is 0 Å². The maximum Gasteiger partial charge on any atom is 0.321 e. The highest BCUT2D eigenvalue weighted by molar-refractivity contribution is 9.10. The molecular formula is C18H13BrN4O3. The van der Waals surface area contributed by atoms with Gasteiger partial charge in [0.05, 0.1) is 10.2 Å². The molecule has 130 valence electrons. The van der Waals surface area contributed by atoms with Gasteiger partial charge in [0.1, 0.15) is 11.5 Å². The Kier molecular flexibility index (Phi) is 6.27. The lowest BCUT2D eigenvalue weighted by Crippen LogP contribution is -1.90. The van der Waals surface area contributed by atoms with Crippen LogP contribution in [0, 0.1) is 0 Å². The molecule has 3 rings (SSSR count). The van der Waals surface area contributed by atoms with Crippen LogP contribution >= 0.6 is 15.9 Å². The number of ether oxygens (including phenoxy) is 2. The minimum absolute atomic E-state index is 0.264. The Morgan fingerprint density at radius 2 is 1.58 bits per heavy atom. The molecule has 3 aromatic rings. The molecule has 0 unspecified atom stereocenters. The van der Waals surface area contributed by atoms with Crippen molar-refractivity contribution in [1.82, 2.24) is 9.97 Å². The van der Waals surface area contributed by atoms with Crippen LogP contribution in [-0.2, 0) is 4.84 Å². The third-order valence-corrected chi connectivity index (χ3v) is 3.34. The van der Waals surface area contributed by atoms with E-state index in [1.54, 1.807) is 36.7 Å². The van der Waals surface area contributed by atoms with Crippen molar-refractivity contribution in [3.8, 4) is 17.5 Å². The Hall–Kier alpha value is -3.26. The first-order valence-electron chi connectivity index (χ1n) is 7.47. The lowest BCUT2D eigenvalue weighted by Gasteiger charge is -2.03. The molecule has 0 saturated carbocycles. The van der Waals surface area contributed by atoms with E-state index in [0.717, 1.165) is 4.47 Å². The quantitative estimate of drug-likeness (QED) is 0.318. The van der Waals surface area contributed by atoms with E-state index in [1.807, 2.05) is 30.3 Å². The first-order valence-corrected chi connectivity index (χ1v) is 8.26. The Labute approximate surface area is 158 Å². The summed E-state index contributed by atoms with van der Waals surface area (Å²) in [5.74, 6) is 1.27. The smallest absolute Gasteiger partial charge is 0.321 e. The van der Waals surface area contributed by atoms with E-state index in [1.165, 1.54) is 12.8 Å². The van der Waals surface area contributed by atoms with Crippen LogP contribution in [0.4, 0.5) is 5.69 Å². The molecule has 26 heavy (non-hydrogen) atoms. The van der Waals surface area contributed by atoms with E-state index < -0.39 is 0 Å². The summed E-state index contributed by atoms with van der Waals surface area (Å²) in [7, 11) is 0. The van der Waals surface area contributed by atoms with Crippen molar-refractivity contribution >= 4 is 34.4 Å². The van der Waals surface area contributed by atoms with Crippen LogP contribution in [0.3, 0.4) is 0 Å². The molecule has 0 amide bonds. The van der Waals surface area contributed by atoms with Gasteiger partial charge in [-0.05, 0) is 57.5 Å². The average molecular weight is 413 g/mol. The van der Waals surface area contributed by atoms with Crippen LogP contribution < -0.4 is 9.47 Å². The van der Waals surface area contributed by atoms with Crippen molar-refractivity contribution in [1.29, 1.82) is 0 Å². The molecule has 7 nitrogen and oxygen atoms in total. The largest absolute Gasteiger partial charge is 0.442 e. The van der Waals surface area contributed by atoms with E-state index in [4.69, 9.17) is 14.3 Å². The number of rotatable bonds is 7. The van der Waals surface area contributed by atoms with Crippen LogP contribution in [0.5, 0.6) is 17.5 Å². The molecule has 0 bridgehead atoms. The maximum atomic E-state index is 5.52. The SMILES string of the molecule is Brc1cnc(Oc2ccc(/N=C/O/N=C/Oc3ccccc3)cc2)nc1. The highest BCUT2D eigenvalue weighted by Crippen LogP contribution is 2.21. The zero-order valence-electron chi connectivity index (χ0n) is 13.4. The van der Waals surface area contributed by atoms with Gasteiger partial charge < -0.3 is 14.3 Å². The van der Waals surface area contributed by atoms with E-state index in [0.29, 0.717) is 17.2 Å². The summed E-state index contributed by atoms with van der Waals surface area (Å²) in [6.07, 6.45) is 5.62.